The van der Waals surface area contributed by atoms with Crippen molar-refractivity contribution in [2.45, 2.75) is 62.1 Å². The number of anilines is 1. The molecule has 45 heavy (non-hydrogen) atoms. The third-order valence-electron chi connectivity index (χ3n) is 7.09. The number of aliphatic carboxylic acids is 4. The number of phenols is 1. The number of nitrogens with zero attached hydrogens (tertiary/aromatic N) is 2. The number of phenolic OH excluding ortho intramolecular Hbond substituents is 1. The molecule has 1 saturated heterocycles. The van der Waals surface area contributed by atoms with Crippen LogP contribution in [0.25, 0.3) is 0 Å². The van der Waals surface area contributed by atoms with Crippen molar-refractivity contribution in [2.75, 3.05) is 11.5 Å². The van der Waals surface area contributed by atoms with Crippen LogP contribution in [0.5, 0.6) is 11.5 Å². The van der Waals surface area contributed by atoms with Crippen molar-refractivity contribution in [1.82, 2.24) is 0 Å². The number of esters is 1. The van der Waals surface area contributed by atoms with Gasteiger partial charge in [-0.2, -0.15) is 0 Å². The number of benzene rings is 1. The van der Waals surface area contributed by atoms with Crippen LogP contribution in [0.1, 0.15) is 18.4 Å². The Labute approximate surface area is 252 Å². The lowest BCUT2D eigenvalue weighted by molar-refractivity contribution is -0.278. The van der Waals surface area contributed by atoms with Gasteiger partial charge in [0, 0.05) is 30.8 Å². The van der Waals surface area contributed by atoms with Crippen LogP contribution in [0, 0.1) is 0 Å². The smallest absolute Gasteiger partial charge is 0.354 e. The predicted molar refractivity (Wildman–Crippen MR) is 145 cm³/mol. The van der Waals surface area contributed by atoms with E-state index in [2.05, 4.69) is 4.99 Å². The highest BCUT2D eigenvalue weighted by Crippen LogP contribution is 2.42. The summed E-state index contributed by atoms with van der Waals surface area (Å²) in [5.74, 6) is -7.57. The van der Waals surface area contributed by atoms with Gasteiger partial charge in [0.2, 0.25) is 6.29 Å². The highest BCUT2D eigenvalue weighted by Gasteiger charge is 2.46. The number of aliphatic hydroxyl groups excluding tert-OH is 3. The SMILES string of the molecule is O=C(O)CC(=O)OC[C@H]1O[C@@H](Oc2cc3c(cc2O)N(/C=C/C2=CC(C(=O)O)=N[C@H](C(=O)O)C2)[C@@H](C(=O)O)C3)[C@H](O)[C@@H](O)[C@@H]1O. The maximum atomic E-state index is 12.1. The fourth-order valence-electron chi connectivity index (χ4n) is 4.85. The number of rotatable bonds is 11. The number of aliphatic hydroxyl groups is 3. The van der Waals surface area contributed by atoms with Crippen molar-refractivity contribution in [2.24, 2.45) is 4.99 Å². The number of aliphatic imine (C=N–C) groups is 1. The van der Waals surface area contributed by atoms with Gasteiger partial charge in [0.15, 0.2) is 17.5 Å². The largest absolute Gasteiger partial charge is 0.504 e. The summed E-state index contributed by atoms with van der Waals surface area (Å²) in [5.41, 5.74) is 0.281. The highest BCUT2D eigenvalue weighted by molar-refractivity contribution is 6.41. The first-order chi connectivity index (χ1) is 21.2. The number of carbonyl (C=O) groups is 5. The summed E-state index contributed by atoms with van der Waals surface area (Å²) < 4.78 is 15.7. The third-order valence-corrected chi connectivity index (χ3v) is 7.09. The van der Waals surface area contributed by atoms with Gasteiger partial charge in [-0.3, -0.25) is 14.6 Å². The van der Waals surface area contributed by atoms with Gasteiger partial charge in [-0.05, 0) is 29.4 Å². The molecule has 0 aromatic heterocycles. The zero-order chi connectivity index (χ0) is 33.2. The summed E-state index contributed by atoms with van der Waals surface area (Å²) in [5, 5.41) is 78.8. The predicted octanol–water partition coefficient (Wildman–Crippen LogP) is -1.77. The van der Waals surface area contributed by atoms with Crippen LogP contribution < -0.4 is 9.64 Å². The summed E-state index contributed by atoms with van der Waals surface area (Å²) in [7, 11) is 0. The quantitative estimate of drug-likeness (QED) is 0.0985. The Morgan fingerprint density at radius 3 is 2.31 bits per heavy atom. The molecular weight excluding hydrogens is 608 g/mol. The van der Waals surface area contributed by atoms with E-state index in [9.17, 15) is 59.7 Å². The van der Waals surface area contributed by atoms with E-state index in [-0.39, 0.29) is 29.9 Å². The second kappa shape index (κ2) is 13.3. The topological polar surface area (TPSA) is 290 Å². The van der Waals surface area contributed by atoms with Gasteiger partial charge in [0.05, 0.1) is 0 Å². The van der Waals surface area contributed by atoms with Crippen molar-refractivity contribution in [3.63, 3.8) is 0 Å². The van der Waals surface area contributed by atoms with Gasteiger partial charge in [-0.1, -0.05) is 0 Å². The molecule has 1 fully saturated rings. The first kappa shape index (κ1) is 32.9. The van der Waals surface area contributed by atoms with Crippen molar-refractivity contribution < 1.29 is 79.0 Å². The van der Waals surface area contributed by atoms with Crippen molar-refractivity contribution in [3.8, 4) is 11.5 Å². The average Bonchev–Trinajstić information content (AvgIpc) is 3.32. The maximum absolute atomic E-state index is 12.1. The fourth-order valence-corrected chi connectivity index (χ4v) is 4.85. The Hall–Kier alpha value is -5.04. The van der Waals surface area contributed by atoms with Crippen LogP contribution >= 0.6 is 0 Å². The third kappa shape index (κ3) is 7.37. The summed E-state index contributed by atoms with van der Waals surface area (Å²) in [6.07, 6.45) is -6.21. The number of ether oxygens (including phenoxy) is 3. The van der Waals surface area contributed by atoms with E-state index in [1.165, 1.54) is 23.2 Å². The number of aromatic hydroxyl groups is 1. The second-order valence-electron chi connectivity index (χ2n) is 10.2. The Bertz CT molecular complexity index is 1480. The number of fused-ring (bicyclic) bond motifs is 1. The van der Waals surface area contributed by atoms with Crippen molar-refractivity contribution in [3.05, 3.63) is 41.6 Å². The van der Waals surface area contributed by atoms with E-state index in [0.717, 1.165) is 12.1 Å². The molecule has 0 saturated carbocycles. The lowest BCUT2D eigenvalue weighted by Gasteiger charge is -2.40. The lowest BCUT2D eigenvalue weighted by Crippen LogP contribution is -2.60. The number of allylic oxidation sites excluding steroid dienone is 1. The van der Waals surface area contributed by atoms with Gasteiger partial charge < -0.3 is 60.0 Å². The molecule has 18 nitrogen and oxygen atoms in total. The molecule has 8 N–H and O–H groups in total. The van der Waals surface area contributed by atoms with Crippen LogP contribution in [0.15, 0.2) is 41.1 Å². The molecular formula is C27H28N2O16. The molecule has 18 heteroatoms. The van der Waals surface area contributed by atoms with Crippen molar-refractivity contribution in [1.29, 1.82) is 0 Å². The fraction of sp³-hybridized carbons (Fsp3) is 0.407. The number of dihydropyridines is 1. The zero-order valence-corrected chi connectivity index (χ0v) is 23.0. The summed E-state index contributed by atoms with van der Waals surface area (Å²) in [6.45, 7) is -0.710. The lowest BCUT2D eigenvalue weighted by atomic mass is 9.99. The monoisotopic (exact) mass is 636 g/mol. The molecule has 1 aromatic rings. The van der Waals surface area contributed by atoms with Crippen LogP contribution in [-0.2, 0) is 39.9 Å². The summed E-state index contributed by atoms with van der Waals surface area (Å²) >= 11 is 0. The minimum Gasteiger partial charge on any atom is -0.504 e. The Morgan fingerprint density at radius 1 is 0.978 bits per heavy atom. The first-order valence-corrected chi connectivity index (χ1v) is 13.2. The molecule has 0 bridgehead atoms. The molecule has 7 atom stereocenters. The Balaban J connectivity index is 1.55. The molecule has 0 aliphatic carbocycles. The molecule has 1 aromatic carbocycles. The molecule has 3 heterocycles. The molecule has 242 valence electrons. The Morgan fingerprint density at radius 2 is 1.69 bits per heavy atom. The maximum Gasteiger partial charge on any atom is 0.354 e. The average molecular weight is 637 g/mol. The number of hydrogen-bond donors (Lipinski definition) is 8. The number of carbonyl (C=O) groups excluding carboxylic acids is 1. The normalized spacial score (nSPS) is 27.7. The number of hydrogen-bond acceptors (Lipinski definition) is 14. The molecule has 3 aliphatic heterocycles. The standard InChI is InChI=1S/C27H28N2O16/c30-16-7-14-11(5-15(26(41)42)29(14)2-1-10-3-12(24(37)38)28-13(4-10)25(39)40)6-17(16)44-27-23(36)22(35)21(34)18(45-27)9-43-20(33)8-19(31)32/h1-3,6-7,13,15,18,21-23,27,30,34-36H,4-5,8-9H2,(H,31,32)(H,37,38)(H,39,40)(H,41,42)/b2-1+/t13-,15+,18+,21+,22-,23+,27+/m0/s1. The minimum absolute atomic E-state index is 0.123. The van der Waals surface area contributed by atoms with Gasteiger partial charge in [0.25, 0.3) is 0 Å². The van der Waals surface area contributed by atoms with Crippen LogP contribution in [-0.4, -0.2) is 126 Å². The van der Waals surface area contributed by atoms with Crippen LogP contribution in [0.4, 0.5) is 5.69 Å². The van der Waals surface area contributed by atoms with E-state index in [1.54, 1.807) is 0 Å². The van der Waals surface area contributed by atoms with E-state index in [4.69, 9.17) is 19.3 Å². The van der Waals surface area contributed by atoms with Gasteiger partial charge in [0.1, 0.15) is 49.2 Å². The summed E-state index contributed by atoms with van der Waals surface area (Å²) in [6, 6.07) is -0.182. The minimum atomic E-state index is -1.87. The zero-order valence-electron chi connectivity index (χ0n) is 23.0. The van der Waals surface area contributed by atoms with E-state index in [0.29, 0.717) is 5.56 Å². The molecule has 4 rings (SSSR count). The number of carboxylic acids is 4. The molecule has 0 unspecified atom stereocenters. The first-order valence-electron chi connectivity index (χ1n) is 13.2. The highest BCUT2D eigenvalue weighted by atomic mass is 16.7. The van der Waals surface area contributed by atoms with Gasteiger partial charge >= 0.3 is 29.8 Å². The molecule has 0 amide bonds. The second-order valence-corrected chi connectivity index (χ2v) is 10.2. The molecule has 0 spiro atoms. The van der Waals surface area contributed by atoms with Crippen LogP contribution in [0.2, 0.25) is 0 Å². The Kier molecular flexibility index (Phi) is 9.72. The molecule has 3 aliphatic rings. The van der Waals surface area contributed by atoms with E-state index in [1.807, 2.05) is 0 Å². The van der Waals surface area contributed by atoms with Gasteiger partial charge in [-0.15, -0.1) is 0 Å². The summed E-state index contributed by atoms with van der Waals surface area (Å²) in [4.78, 5) is 62.1. The van der Waals surface area contributed by atoms with Crippen LogP contribution in [0.3, 0.4) is 0 Å². The van der Waals surface area contributed by atoms with E-state index >= 15 is 0 Å². The van der Waals surface area contributed by atoms with Gasteiger partial charge in [-0.25, -0.2) is 14.4 Å². The van der Waals surface area contributed by atoms with E-state index < -0.39 is 97.1 Å². The molecule has 0 radical (unpaired) electrons. The van der Waals surface area contributed by atoms with Crippen molar-refractivity contribution >= 4 is 41.2 Å². The number of carboxylic acid groups (broad SMARTS) is 4.